The summed E-state index contributed by atoms with van der Waals surface area (Å²) >= 11 is 0. The normalized spacial score (nSPS) is 11.3. The zero-order valence-electron chi connectivity index (χ0n) is 15.4. The van der Waals surface area contributed by atoms with E-state index in [1.54, 1.807) is 30.3 Å². The summed E-state index contributed by atoms with van der Waals surface area (Å²) < 4.78 is 46.2. The first-order valence-electron chi connectivity index (χ1n) is 8.57. The van der Waals surface area contributed by atoms with Gasteiger partial charge in [0.2, 0.25) is 0 Å². The number of halogens is 3. The van der Waals surface area contributed by atoms with E-state index >= 15 is 0 Å². The summed E-state index contributed by atoms with van der Waals surface area (Å²) in [6.45, 7) is 3.62. The summed E-state index contributed by atoms with van der Waals surface area (Å²) in [7, 11) is 1.17. The highest BCUT2D eigenvalue weighted by molar-refractivity contribution is 5.95. The molecule has 0 amide bonds. The molecule has 8 heteroatoms. The zero-order valence-corrected chi connectivity index (χ0v) is 15.4. The molecule has 0 unspecified atom stereocenters. The number of hydrogen-bond acceptors (Lipinski definition) is 3. The van der Waals surface area contributed by atoms with Crippen molar-refractivity contribution >= 4 is 5.97 Å². The standard InChI is InChI=1S/C21H17F3N2O3/c1-3-13-25-18(19(27)29-2)17(14-9-11-15(12-10-14)21(22,23)24)26(20(25)28)16-7-5-4-6-8-16/h3-12H,1,13H2,2H3. The number of rotatable bonds is 5. The molecular weight excluding hydrogens is 385 g/mol. The van der Waals surface area contributed by atoms with Gasteiger partial charge in [-0.25, -0.2) is 9.59 Å². The predicted molar refractivity (Wildman–Crippen MR) is 102 cm³/mol. The number of alkyl halides is 3. The number of hydrogen-bond donors (Lipinski definition) is 0. The summed E-state index contributed by atoms with van der Waals surface area (Å²) in [6, 6.07) is 12.8. The predicted octanol–water partition coefficient (Wildman–Crippen LogP) is 4.30. The number of ether oxygens (including phenoxy) is 1. The molecule has 0 saturated heterocycles. The van der Waals surface area contributed by atoms with Crippen molar-refractivity contribution in [2.75, 3.05) is 7.11 Å². The van der Waals surface area contributed by atoms with Gasteiger partial charge in [-0.3, -0.25) is 9.13 Å². The van der Waals surface area contributed by atoms with Crippen LogP contribution in [0.2, 0.25) is 0 Å². The topological polar surface area (TPSA) is 53.2 Å². The summed E-state index contributed by atoms with van der Waals surface area (Å²) in [5.74, 6) is -0.784. The number of benzene rings is 2. The van der Waals surface area contributed by atoms with Crippen molar-refractivity contribution in [1.82, 2.24) is 9.13 Å². The molecule has 0 spiro atoms. The Balaban J connectivity index is 2.36. The lowest BCUT2D eigenvalue weighted by atomic mass is 10.1. The maximum Gasteiger partial charge on any atom is 0.416 e. The molecule has 0 N–H and O–H groups in total. The van der Waals surface area contributed by atoms with Gasteiger partial charge in [0.15, 0.2) is 5.69 Å². The fraction of sp³-hybridized carbons (Fsp3) is 0.143. The van der Waals surface area contributed by atoms with E-state index in [1.165, 1.54) is 34.5 Å². The van der Waals surface area contributed by atoms with Gasteiger partial charge in [0.25, 0.3) is 0 Å². The van der Waals surface area contributed by atoms with E-state index < -0.39 is 23.4 Å². The van der Waals surface area contributed by atoms with Gasteiger partial charge in [-0.1, -0.05) is 36.4 Å². The molecule has 1 heterocycles. The molecule has 1 aromatic heterocycles. The number of allylic oxidation sites excluding steroid dienone is 1. The molecule has 150 valence electrons. The van der Waals surface area contributed by atoms with E-state index in [4.69, 9.17) is 4.74 Å². The second kappa shape index (κ2) is 7.83. The van der Waals surface area contributed by atoms with Crippen LogP contribution in [-0.2, 0) is 17.5 Å². The molecule has 0 atom stereocenters. The molecule has 0 aliphatic rings. The van der Waals surface area contributed by atoms with E-state index in [9.17, 15) is 22.8 Å². The van der Waals surface area contributed by atoms with Crippen molar-refractivity contribution in [3.8, 4) is 16.9 Å². The lowest BCUT2D eigenvalue weighted by Gasteiger charge is -2.11. The quantitative estimate of drug-likeness (QED) is 0.472. The second-order valence-corrected chi connectivity index (χ2v) is 6.12. The second-order valence-electron chi connectivity index (χ2n) is 6.12. The van der Waals surface area contributed by atoms with Crippen LogP contribution in [0, 0.1) is 0 Å². The molecule has 0 bridgehead atoms. The SMILES string of the molecule is C=CCn1c(C(=O)OC)c(-c2ccc(C(F)(F)F)cc2)n(-c2ccccc2)c1=O. The Bertz CT molecular complexity index is 1100. The van der Waals surface area contributed by atoms with E-state index in [0.29, 0.717) is 5.69 Å². The number of carbonyl (C=O) groups excluding carboxylic acids is 1. The van der Waals surface area contributed by atoms with Gasteiger partial charge < -0.3 is 4.74 Å². The number of carbonyl (C=O) groups is 1. The Labute approximate surface area is 164 Å². The first kappa shape index (κ1) is 20.2. The van der Waals surface area contributed by atoms with E-state index in [-0.39, 0.29) is 23.5 Å². The Hall–Kier alpha value is -3.55. The summed E-state index contributed by atoms with van der Waals surface area (Å²) in [5.41, 5.74) is -0.571. The van der Waals surface area contributed by atoms with Gasteiger partial charge >= 0.3 is 17.8 Å². The molecule has 0 radical (unpaired) electrons. The van der Waals surface area contributed by atoms with E-state index in [0.717, 1.165) is 12.1 Å². The smallest absolute Gasteiger partial charge is 0.416 e. The molecule has 0 aliphatic carbocycles. The number of imidazole rings is 1. The van der Waals surface area contributed by atoms with Gasteiger partial charge in [-0.15, -0.1) is 6.58 Å². The molecule has 3 aromatic rings. The molecule has 2 aromatic carbocycles. The van der Waals surface area contributed by atoms with Crippen LogP contribution in [0.4, 0.5) is 13.2 Å². The van der Waals surface area contributed by atoms with Crippen LogP contribution < -0.4 is 5.69 Å². The van der Waals surface area contributed by atoms with Crippen molar-refractivity contribution in [2.24, 2.45) is 0 Å². The minimum Gasteiger partial charge on any atom is -0.464 e. The van der Waals surface area contributed by atoms with Crippen molar-refractivity contribution in [3.63, 3.8) is 0 Å². The Kier molecular flexibility index (Phi) is 5.45. The molecule has 0 saturated carbocycles. The summed E-state index contributed by atoms with van der Waals surface area (Å²) in [5, 5.41) is 0. The van der Waals surface area contributed by atoms with Gasteiger partial charge in [0.1, 0.15) is 0 Å². The first-order chi connectivity index (χ1) is 13.8. The zero-order chi connectivity index (χ0) is 21.2. The third-order valence-corrected chi connectivity index (χ3v) is 4.33. The van der Waals surface area contributed by atoms with Crippen molar-refractivity contribution < 1.29 is 22.7 Å². The molecule has 5 nitrogen and oxygen atoms in total. The average Bonchev–Trinajstić information content (AvgIpc) is 3.00. The van der Waals surface area contributed by atoms with Crippen LogP contribution in [-0.4, -0.2) is 22.2 Å². The molecule has 29 heavy (non-hydrogen) atoms. The Morgan fingerprint density at radius 3 is 2.24 bits per heavy atom. The van der Waals surface area contributed by atoms with Crippen molar-refractivity contribution in [2.45, 2.75) is 12.7 Å². The lowest BCUT2D eigenvalue weighted by Crippen LogP contribution is -2.25. The number of aromatic nitrogens is 2. The largest absolute Gasteiger partial charge is 0.464 e. The van der Waals surface area contributed by atoms with Crippen LogP contribution in [0.25, 0.3) is 16.9 Å². The third kappa shape index (κ3) is 3.73. The van der Waals surface area contributed by atoms with Gasteiger partial charge in [0.05, 0.1) is 24.1 Å². The Morgan fingerprint density at radius 1 is 1.10 bits per heavy atom. The van der Waals surface area contributed by atoms with Crippen LogP contribution in [0.1, 0.15) is 16.1 Å². The Morgan fingerprint density at radius 2 is 1.72 bits per heavy atom. The summed E-state index contributed by atoms with van der Waals surface area (Å²) in [6.07, 6.45) is -3.06. The molecule has 0 aliphatic heterocycles. The maximum atomic E-state index is 13.1. The monoisotopic (exact) mass is 402 g/mol. The maximum absolute atomic E-state index is 13.1. The number of methoxy groups -OCH3 is 1. The summed E-state index contributed by atoms with van der Waals surface area (Å²) in [4.78, 5) is 25.6. The minimum absolute atomic E-state index is 0.0245. The van der Waals surface area contributed by atoms with E-state index in [2.05, 4.69) is 6.58 Å². The third-order valence-electron chi connectivity index (χ3n) is 4.33. The molecular formula is C21H17F3N2O3. The van der Waals surface area contributed by atoms with Gasteiger partial charge in [0, 0.05) is 12.1 Å². The fourth-order valence-corrected chi connectivity index (χ4v) is 3.05. The highest BCUT2D eigenvalue weighted by atomic mass is 19.4. The molecule has 3 rings (SSSR count). The highest BCUT2D eigenvalue weighted by Crippen LogP contribution is 2.32. The van der Waals surface area contributed by atoms with Gasteiger partial charge in [-0.2, -0.15) is 13.2 Å². The van der Waals surface area contributed by atoms with E-state index in [1.807, 2.05) is 0 Å². The number of nitrogens with zero attached hydrogens (tertiary/aromatic N) is 2. The van der Waals surface area contributed by atoms with Crippen molar-refractivity contribution in [3.05, 3.63) is 89.0 Å². The number of esters is 1. The highest BCUT2D eigenvalue weighted by Gasteiger charge is 2.31. The van der Waals surface area contributed by atoms with Gasteiger partial charge in [-0.05, 0) is 24.3 Å². The number of para-hydroxylation sites is 1. The lowest BCUT2D eigenvalue weighted by molar-refractivity contribution is -0.137. The van der Waals surface area contributed by atoms with Crippen LogP contribution in [0.3, 0.4) is 0 Å². The fourth-order valence-electron chi connectivity index (χ4n) is 3.05. The van der Waals surface area contributed by atoms with Crippen LogP contribution >= 0.6 is 0 Å². The first-order valence-corrected chi connectivity index (χ1v) is 8.57. The minimum atomic E-state index is -4.50. The average molecular weight is 402 g/mol. The molecule has 0 fully saturated rings. The van der Waals surface area contributed by atoms with Crippen molar-refractivity contribution in [1.29, 1.82) is 0 Å². The van der Waals surface area contributed by atoms with Crippen LogP contribution in [0.15, 0.2) is 72.0 Å². The van der Waals surface area contributed by atoms with Crippen LogP contribution in [0.5, 0.6) is 0 Å².